The normalized spacial score (nSPS) is 10.4. The number of hydrogen-bond donors (Lipinski definition) is 2. The summed E-state index contributed by atoms with van der Waals surface area (Å²) in [6, 6.07) is 11.2. The fourth-order valence-electron chi connectivity index (χ4n) is 2.35. The molecule has 0 atom stereocenters. The summed E-state index contributed by atoms with van der Waals surface area (Å²) in [4.78, 5) is 8.89. The summed E-state index contributed by atoms with van der Waals surface area (Å²) in [7, 11) is 3.20. The molecule has 0 saturated heterocycles. The fraction of sp³-hybridized carbons (Fsp3) is 0.222. The van der Waals surface area contributed by atoms with Gasteiger partial charge in [0.15, 0.2) is 11.5 Å². The molecule has 130 valence electrons. The van der Waals surface area contributed by atoms with E-state index < -0.39 is 0 Å². The number of anilines is 3. The van der Waals surface area contributed by atoms with E-state index in [1.807, 2.05) is 43.3 Å². The molecule has 3 aromatic rings. The Kier molecular flexibility index (Phi) is 5.03. The van der Waals surface area contributed by atoms with Crippen LogP contribution in [0, 0.1) is 6.92 Å². The van der Waals surface area contributed by atoms with E-state index in [-0.39, 0.29) is 0 Å². The average molecular weight is 340 g/mol. The molecule has 0 amide bonds. The lowest BCUT2D eigenvalue weighted by atomic mass is 10.3. The Hall–Kier alpha value is -3.22. The predicted molar refractivity (Wildman–Crippen MR) is 95.6 cm³/mol. The summed E-state index contributed by atoms with van der Waals surface area (Å²) < 4.78 is 15.9. The van der Waals surface area contributed by atoms with Crippen LogP contribution in [0.5, 0.6) is 11.5 Å². The third-order valence-electron chi connectivity index (χ3n) is 3.52. The van der Waals surface area contributed by atoms with Crippen LogP contribution < -0.4 is 20.1 Å². The Morgan fingerprint density at radius 2 is 1.88 bits per heavy atom. The Balaban J connectivity index is 1.76. The number of methoxy groups -OCH3 is 2. The maximum Gasteiger partial charge on any atom is 0.229 e. The molecule has 0 aliphatic heterocycles. The molecule has 0 aliphatic carbocycles. The number of benzene rings is 1. The predicted octanol–water partition coefficient (Wildman–Crippen LogP) is 3.75. The lowest BCUT2D eigenvalue weighted by Gasteiger charge is -2.12. The molecule has 25 heavy (non-hydrogen) atoms. The number of hydrogen-bond acceptors (Lipinski definition) is 7. The molecular formula is C18H20N4O3. The van der Waals surface area contributed by atoms with Crippen molar-refractivity contribution in [2.75, 3.05) is 24.9 Å². The van der Waals surface area contributed by atoms with Crippen molar-refractivity contribution in [3.8, 4) is 11.5 Å². The standard InChI is InChI=1S/C18H20N4O3/c1-12-9-17(19-11-14-5-4-8-25-14)22-18(20-12)21-13-6-7-15(23-2)16(10-13)24-3/h4-10H,11H2,1-3H3,(H2,19,20,21,22). The van der Waals surface area contributed by atoms with Gasteiger partial charge in [-0.15, -0.1) is 0 Å². The molecule has 7 heteroatoms. The van der Waals surface area contributed by atoms with E-state index in [9.17, 15) is 0 Å². The zero-order chi connectivity index (χ0) is 17.6. The topological polar surface area (TPSA) is 81.4 Å². The molecule has 7 nitrogen and oxygen atoms in total. The first-order valence-corrected chi connectivity index (χ1v) is 7.79. The third-order valence-corrected chi connectivity index (χ3v) is 3.52. The van der Waals surface area contributed by atoms with E-state index in [1.165, 1.54) is 0 Å². The molecule has 0 radical (unpaired) electrons. The minimum Gasteiger partial charge on any atom is -0.493 e. The highest BCUT2D eigenvalue weighted by Gasteiger charge is 2.07. The van der Waals surface area contributed by atoms with E-state index in [0.717, 1.165) is 17.1 Å². The van der Waals surface area contributed by atoms with Gasteiger partial charge in [-0.1, -0.05) is 0 Å². The quantitative estimate of drug-likeness (QED) is 0.678. The summed E-state index contributed by atoms with van der Waals surface area (Å²) in [5.41, 5.74) is 1.65. The van der Waals surface area contributed by atoms with Crippen LogP contribution in [-0.4, -0.2) is 24.2 Å². The maximum absolute atomic E-state index is 5.31. The molecule has 0 aliphatic rings. The molecule has 2 aromatic heterocycles. The highest BCUT2D eigenvalue weighted by atomic mass is 16.5. The van der Waals surface area contributed by atoms with Gasteiger partial charge in [-0.25, -0.2) is 4.98 Å². The van der Waals surface area contributed by atoms with Crippen LogP contribution in [0.2, 0.25) is 0 Å². The zero-order valence-corrected chi connectivity index (χ0v) is 14.4. The summed E-state index contributed by atoms with van der Waals surface area (Å²) in [6.07, 6.45) is 1.65. The van der Waals surface area contributed by atoms with Gasteiger partial charge in [-0.05, 0) is 31.2 Å². The number of nitrogens with one attached hydrogen (secondary N) is 2. The highest BCUT2D eigenvalue weighted by Crippen LogP contribution is 2.30. The van der Waals surface area contributed by atoms with Crippen LogP contribution in [0.15, 0.2) is 47.1 Å². The molecule has 0 fully saturated rings. The molecule has 0 bridgehead atoms. The number of aromatic nitrogens is 2. The van der Waals surface area contributed by atoms with Gasteiger partial charge in [0, 0.05) is 23.5 Å². The molecule has 0 unspecified atom stereocenters. The molecular weight excluding hydrogens is 320 g/mol. The van der Waals surface area contributed by atoms with Crippen LogP contribution in [-0.2, 0) is 6.54 Å². The van der Waals surface area contributed by atoms with Crippen molar-refractivity contribution in [2.45, 2.75) is 13.5 Å². The van der Waals surface area contributed by atoms with Gasteiger partial charge in [0.2, 0.25) is 5.95 Å². The molecule has 0 spiro atoms. The minimum absolute atomic E-state index is 0.495. The van der Waals surface area contributed by atoms with E-state index in [1.54, 1.807) is 20.5 Å². The average Bonchev–Trinajstić information content (AvgIpc) is 3.13. The zero-order valence-electron chi connectivity index (χ0n) is 14.4. The lowest BCUT2D eigenvalue weighted by Crippen LogP contribution is -2.05. The Labute approximate surface area is 146 Å². The second-order valence-electron chi connectivity index (χ2n) is 5.35. The highest BCUT2D eigenvalue weighted by molar-refractivity contribution is 5.60. The van der Waals surface area contributed by atoms with Gasteiger partial charge in [0.05, 0.1) is 27.0 Å². The van der Waals surface area contributed by atoms with Crippen molar-refractivity contribution >= 4 is 17.5 Å². The van der Waals surface area contributed by atoms with Crippen molar-refractivity contribution in [2.24, 2.45) is 0 Å². The van der Waals surface area contributed by atoms with Crippen LogP contribution in [0.4, 0.5) is 17.5 Å². The Morgan fingerprint density at radius 3 is 2.60 bits per heavy atom. The molecule has 3 rings (SSSR count). The monoisotopic (exact) mass is 340 g/mol. The van der Waals surface area contributed by atoms with E-state index in [2.05, 4.69) is 20.6 Å². The van der Waals surface area contributed by atoms with Gasteiger partial charge in [0.25, 0.3) is 0 Å². The van der Waals surface area contributed by atoms with Crippen molar-refractivity contribution in [1.29, 1.82) is 0 Å². The number of nitrogens with zero attached hydrogens (tertiary/aromatic N) is 2. The maximum atomic E-state index is 5.31. The van der Waals surface area contributed by atoms with Crippen molar-refractivity contribution in [3.63, 3.8) is 0 Å². The summed E-state index contributed by atoms with van der Waals surface area (Å²) in [5.74, 6) is 3.35. The van der Waals surface area contributed by atoms with Crippen molar-refractivity contribution in [1.82, 2.24) is 9.97 Å². The van der Waals surface area contributed by atoms with Gasteiger partial charge >= 0.3 is 0 Å². The number of ether oxygens (including phenoxy) is 2. The van der Waals surface area contributed by atoms with Crippen LogP contribution in [0.25, 0.3) is 0 Å². The number of aryl methyl sites for hydroxylation is 1. The van der Waals surface area contributed by atoms with Gasteiger partial charge in [-0.3, -0.25) is 0 Å². The van der Waals surface area contributed by atoms with Crippen LogP contribution in [0.3, 0.4) is 0 Å². The smallest absolute Gasteiger partial charge is 0.229 e. The lowest BCUT2D eigenvalue weighted by molar-refractivity contribution is 0.355. The fourth-order valence-corrected chi connectivity index (χ4v) is 2.35. The van der Waals surface area contributed by atoms with Crippen LogP contribution in [0.1, 0.15) is 11.5 Å². The SMILES string of the molecule is COc1ccc(Nc2nc(C)cc(NCc3ccco3)n2)cc1OC. The molecule has 2 heterocycles. The minimum atomic E-state index is 0.495. The van der Waals surface area contributed by atoms with Crippen molar-refractivity contribution in [3.05, 3.63) is 54.1 Å². The van der Waals surface area contributed by atoms with Crippen LogP contribution >= 0.6 is 0 Å². The second-order valence-corrected chi connectivity index (χ2v) is 5.35. The first-order valence-electron chi connectivity index (χ1n) is 7.79. The third kappa shape index (κ3) is 4.20. The Morgan fingerprint density at radius 1 is 1.04 bits per heavy atom. The van der Waals surface area contributed by atoms with Crippen molar-refractivity contribution < 1.29 is 13.9 Å². The molecule has 0 saturated carbocycles. The van der Waals surface area contributed by atoms with E-state index in [0.29, 0.717) is 29.8 Å². The molecule has 1 aromatic carbocycles. The largest absolute Gasteiger partial charge is 0.493 e. The van der Waals surface area contributed by atoms with E-state index in [4.69, 9.17) is 13.9 Å². The first kappa shape index (κ1) is 16.6. The van der Waals surface area contributed by atoms with E-state index >= 15 is 0 Å². The first-order chi connectivity index (χ1) is 12.2. The van der Waals surface area contributed by atoms with Gasteiger partial charge in [-0.2, -0.15) is 4.98 Å². The van der Waals surface area contributed by atoms with Gasteiger partial charge in [0.1, 0.15) is 11.6 Å². The Bertz CT molecular complexity index is 834. The van der Waals surface area contributed by atoms with Gasteiger partial charge < -0.3 is 24.5 Å². The summed E-state index contributed by atoms with van der Waals surface area (Å²) in [6.45, 7) is 2.47. The molecule has 2 N–H and O–H groups in total. The number of furan rings is 1. The summed E-state index contributed by atoms with van der Waals surface area (Å²) >= 11 is 0. The second kappa shape index (κ2) is 7.57. The summed E-state index contributed by atoms with van der Waals surface area (Å²) in [5, 5.41) is 6.41. The number of rotatable bonds is 7.